The number of hydrogen-bond donors (Lipinski definition) is 1. The summed E-state index contributed by atoms with van der Waals surface area (Å²) < 4.78 is 1.13. The van der Waals surface area contributed by atoms with Crippen LogP contribution in [0.15, 0.2) is 95.5 Å². The summed E-state index contributed by atoms with van der Waals surface area (Å²) in [6.07, 6.45) is 0. The van der Waals surface area contributed by atoms with Crippen molar-refractivity contribution in [3.63, 3.8) is 0 Å². The highest BCUT2D eigenvalue weighted by molar-refractivity contribution is 9.10. The van der Waals surface area contributed by atoms with Gasteiger partial charge in [0.1, 0.15) is 0 Å². The average molecular weight is 464 g/mol. The Labute approximate surface area is 190 Å². The molecule has 0 radical (unpaired) electrons. The smallest absolute Gasteiger partial charge is 0.0544 e. The zero-order valence-electron chi connectivity index (χ0n) is 17.5. The fourth-order valence-corrected chi connectivity index (χ4v) is 5.48. The summed E-state index contributed by atoms with van der Waals surface area (Å²) in [5, 5.41) is 1.27. The molecular formula is C29H22BrN. The molecule has 1 nitrogen and oxygen atoms in total. The standard InChI is InChI=1S/C29H22BrN/c1-29(2)24-15-20(30)13-14-21(24)22-16-23-26(17-25(22)29)31-28(19-11-7-4-8-12-19)27(23)18-9-5-3-6-10-18/h3-17,31H,1-2H3. The predicted molar refractivity (Wildman–Crippen MR) is 134 cm³/mol. The van der Waals surface area contributed by atoms with E-state index in [0.29, 0.717) is 0 Å². The first-order chi connectivity index (χ1) is 15.0. The Balaban J connectivity index is 1.70. The lowest BCUT2D eigenvalue weighted by molar-refractivity contribution is 0.660. The van der Waals surface area contributed by atoms with Gasteiger partial charge in [0.15, 0.2) is 0 Å². The number of aromatic amines is 1. The summed E-state index contributed by atoms with van der Waals surface area (Å²) in [4.78, 5) is 3.78. The van der Waals surface area contributed by atoms with E-state index < -0.39 is 0 Å². The lowest BCUT2D eigenvalue weighted by atomic mass is 9.82. The van der Waals surface area contributed by atoms with Crippen LogP contribution in [0.2, 0.25) is 0 Å². The molecule has 0 spiro atoms. The van der Waals surface area contributed by atoms with Crippen LogP contribution < -0.4 is 0 Å². The van der Waals surface area contributed by atoms with Gasteiger partial charge in [-0.15, -0.1) is 0 Å². The molecule has 0 bridgehead atoms. The van der Waals surface area contributed by atoms with E-state index in [1.54, 1.807) is 0 Å². The highest BCUT2D eigenvalue weighted by Crippen LogP contribution is 2.52. The lowest BCUT2D eigenvalue weighted by Crippen LogP contribution is -2.14. The third-order valence-electron chi connectivity index (χ3n) is 6.68. The van der Waals surface area contributed by atoms with Crippen molar-refractivity contribution in [1.82, 2.24) is 4.98 Å². The highest BCUT2D eigenvalue weighted by Gasteiger charge is 2.36. The second-order valence-corrected chi connectivity index (χ2v) is 9.78. The number of nitrogens with one attached hydrogen (secondary N) is 1. The van der Waals surface area contributed by atoms with Gasteiger partial charge < -0.3 is 4.98 Å². The van der Waals surface area contributed by atoms with Gasteiger partial charge in [-0.2, -0.15) is 0 Å². The van der Waals surface area contributed by atoms with Crippen LogP contribution in [-0.2, 0) is 5.41 Å². The maximum absolute atomic E-state index is 3.78. The van der Waals surface area contributed by atoms with Crippen LogP contribution >= 0.6 is 15.9 Å². The molecule has 1 aliphatic carbocycles. The third-order valence-corrected chi connectivity index (χ3v) is 7.17. The molecule has 1 aliphatic rings. The van der Waals surface area contributed by atoms with Crippen LogP contribution in [0.5, 0.6) is 0 Å². The average Bonchev–Trinajstić information content (AvgIpc) is 3.27. The Morgan fingerprint density at radius 3 is 2.03 bits per heavy atom. The van der Waals surface area contributed by atoms with E-state index in [1.807, 2.05) is 0 Å². The van der Waals surface area contributed by atoms with Gasteiger partial charge in [0.05, 0.1) is 5.69 Å². The molecule has 150 valence electrons. The van der Waals surface area contributed by atoms with Gasteiger partial charge >= 0.3 is 0 Å². The quantitative estimate of drug-likeness (QED) is 0.269. The Bertz CT molecular complexity index is 1440. The molecule has 4 aromatic carbocycles. The van der Waals surface area contributed by atoms with E-state index >= 15 is 0 Å². The van der Waals surface area contributed by atoms with Crippen LogP contribution in [0.3, 0.4) is 0 Å². The molecule has 0 saturated heterocycles. The van der Waals surface area contributed by atoms with Crippen molar-refractivity contribution in [2.75, 3.05) is 0 Å². The number of benzene rings is 4. The Morgan fingerprint density at radius 2 is 1.32 bits per heavy atom. The monoisotopic (exact) mass is 463 g/mol. The molecule has 0 amide bonds. The molecule has 0 aliphatic heterocycles. The van der Waals surface area contributed by atoms with Gasteiger partial charge in [-0.3, -0.25) is 0 Å². The second kappa shape index (κ2) is 6.70. The minimum absolute atomic E-state index is 0.0342. The predicted octanol–water partition coefficient (Wildman–Crippen LogP) is 8.57. The first-order valence-electron chi connectivity index (χ1n) is 10.7. The lowest BCUT2D eigenvalue weighted by Gasteiger charge is -2.21. The normalized spacial score (nSPS) is 13.9. The Kier molecular flexibility index (Phi) is 4.03. The van der Waals surface area contributed by atoms with Crippen LogP contribution in [0.1, 0.15) is 25.0 Å². The number of halogens is 1. The minimum Gasteiger partial charge on any atom is -0.354 e. The van der Waals surface area contributed by atoms with Gasteiger partial charge in [-0.25, -0.2) is 0 Å². The number of aromatic nitrogens is 1. The first-order valence-corrected chi connectivity index (χ1v) is 11.4. The zero-order valence-corrected chi connectivity index (χ0v) is 19.1. The summed E-state index contributed by atoms with van der Waals surface area (Å²) in [5.74, 6) is 0. The minimum atomic E-state index is -0.0342. The van der Waals surface area contributed by atoms with Gasteiger partial charge in [0.25, 0.3) is 0 Å². The fraction of sp³-hybridized carbons (Fsp3) is 0.103. The summed E-state index contributed by atoms with van der Waals surface area (Å²) in [7, 11) is 0. The molecule has 0 saturated carbocycles. The SMILES string of the molecule is CC1(C)c2cc(Br)ccc2-c2cc3c(-c4ccccc4)c(-c4ccccc4)[nH]c3cc21. The maximum Gasteiger partial charge on any atom is 0.0544 e. The van der Waals surface area contributed by atoms with Crippen LogP contribution in [-0.4, -0.2) is 4.98 Å². The Morgan fingerprint density at radius 1 is 0.677 bits per heavy atom. The van der Waals surface area contributed by atoms with E-state index in [2.05, 4.69) is 126 Å². The number of H-pyrrole nitrogens is 1. The molecule has 6 rings (SSSR count). The molecule has 0 atom stereocenters. The summed E-state index contributed by atoms with van der Waals surface area (Å²) in [6, 6.07) is 32.8. The molecule has 31 heavy (non-hydrogen) atoms. The van der Waals surface area contributed by atoms with Crippen molar-refractivity contribution >= 4 is 26.8 Å². The Hall–Kier alpha value is -3.10. The molecule has 1 aromatic heterocycles. The van der Waals surface area contributed by atoms with Gasteiger partial charge in [0.2, 0.25) is 0 Å². The van der Waals surface area contributed by atoms with E-state index in [0.717, 1.165) is 4.47 Å². The van der Waals surface area contributed by atoms with Crippen molar-refractivity contribution in [1.29, 1.82) is 0 Å². The molecule has 1 N–H and O–H groups in total. The number of rotatable bonds is 2. The van der Waals surface area contributed by atoms with Crippen LogP contribution in [0.25, 0.3) is 44.4 Å². The molecule has 5 aromatic rings. The van der Waals surface area contributed by atoms with Crippen molar-refractivity contribution in [3.05, 3.63) is 107 Å². The van der Waals surface area contributed by atoms with Gasteiger partial charge in [-0.1, -0.05) is 96.5 Å². The third kappa shape index (κ3) is 2.75. The van der Waals surface area contributed by atoms with Gasteiger partial charge in [-0.05, 0) is 57.6 Å². The zero-order chi connectivity index (χ0) is 21.2. The van der Waals surface area contributed by atoms with E-state index in [9.17, 15) is 0 Å². The first kappa shape index (κ1) is 18.7. The maximum atomic E-state index is 3.78. The molecule has 2 heteroatoms. The van der Waals surface area contributed by atoms with Crippen LogP contribution in [0, 0.1) is 0 Å². The molecular weight excluding hydrogens is 442 g/mol. The molecule has 1 heterocycles. The number of hydrogen-bond acceptors (Lipinski definition) is 0. The fourth-order valence-electron chi connectivity index (χ4n) is 5.12. The van der Waals surface area contributed by atoms with E-state index in [4.69, 9.17) is 0 Å². The largest absolute Gasteiger partial charge is 0.354 e. The van der Waals surface area contributed by atoms with Crippen molar-refractivity contribution in [2.24, 2.45) is 0 Å². The van der Waals surface area contributed by atoms with E-state index in [-0.39, 0.29) is 5.41 Å². The van der Waals surface area contributed by atoms with Crippen molar-refractivity contribution in [2.45, 2.75) is 19.3 Å². The molecule has 0 fully saturated rings. The summed E-state index contributed by atoms with van der Waals surface area (Å²) in [6.45, 7) is 4.66. The van der Waals surface area contributed by atoms with Crippen LogP contribution in [0.4, 0.5) is 0 Å². The summed E-state index contributed by atoms with van der Waals surface area (Å²) >= 11 is 3.67. The molecule has 0 unspecified atom stereocenters. The highest BCUT2D eigenvalue weighted by atomic mass is 79.9. The number of fused-ring (bicyclic) bond motifs is 4. The topological polar surface area (TPSA) is 15.8 Å². The van der Waals surface area contributed by atoms with E-state index in [1.165, 1.54) is 55.5 Å². The second-order valence-electron chi connectivity index (χ2n) is 8.87. The van der Waals surface area contributed by atoms with Crippen molar-refractivity contribution in [3.8, 4) is 33.5 Å². The van der Waals surface area contributed by atoms with Gasteiger partial charge in [0, 0.05) is 26.4 Å². The van der Waals surface area contributed by atoms with Crippen molar-refractivity contribution < 1.29 is 0 Å². The summed E-state index contributed by atoms with van der Waals surface area (Å²) in [5.41, 5.74) is 11.5.